The molecule has 0 saturated heterocycles. The van der Waals surface area contributed by atoms with Gasteiger partial charge >= 0.3 is 0 Å². The Balaban J connectivity index is 1.41. The van der Waals surface area contributed by atoms with Gasteiger partial charge in [0.15, 0.2) is 0 Å². The molecule has 1 fully saturated rings. The molecular formula is C40H33NS. The van der Waals surface area contributed by atoms with E-state index in [0.29, 0.717) is 5.92 Å². The number of benzene rings is 6. The molecule has 1 aromatic heterocycles. The van der Waals surface area contributed by atoms with Crippen molar-refractivity contribution in [1.29, 1.82) is 0 Å². The van der Waals surface area contributed by atoms with Crippen LogP contribution in [0.25, 0.3) is 42.1 Å². The largest absolute Gasteiger partial charge is 0.309 e. The Morgan fingerprint density at radius 1 is 0.500 bits per heavy atom. The van der Waals surface area contributed by atoms with Crippen LogP contribution in [-0.2, 0) is 0 Å². The quantitative estimate of drug-likeness (QED) is 0.203. The lowest BCUT2D eigenvalue weighted by molar-refractivity contribution is 0.445. The number of fused-ring (bicyclic) bond motifs is 4. The van der Waals surface area contributed by atoms with Crippen LogP contribution in [0.1, 0.15) is 43.6 Å². The first-order valence-corrected chi connectivity index (χ1v) is 16.0. The summed E-state index contributed by atoms with van der Waals surface area (Å²) in [7, 11) is 0. The first kappa shape index (κ1) is 25.3. The van der Waals surface area contributed by atoms with Crippen LogP contribution in [-0.4, -0.2) is 0 Å². The molecule has 2 heteroatoms. The fourth-order valence-electron chi connectivity index (χ4n) is 7.17. The fraction of sp³-hybridized carbons (Fsp3) is 0.150. The van der Waals surface area contributed by atoms with Gasteiger partial charge in [0, 0.05) is 31.4 Å². The lowest BCUT2D eigenvalue weighted by Crippen LogP contribution is -2.11. The first-order chi connectivity index (χ1) is 20.9. The second-order valence-electron chi connectivity index (χ2n) is 11.5. The summed E-state index contributed by atoms with van der Waals surface area (Å²) in [6.07, 6.45) is 6.61. The van der Waals surface area contributed by atoms with Crippen molar-refractivity contribution in [3.05, 3.63) is 139 Å². The first-order valence-electron chi connectivity index (χ1n) is 15.2. The summed E-state index contributed by atoms with van der Waals surface area (Å²) in [5.74, 6) is 0.631. The summed E-state index contributed by atoms with van der Waals surface area (Å²) in [5.41, 5.74) is 7.71. The number of hydrogen-bond acceptors (Lipinski definition) is 2. The van der Waals surface area contributed by atoms with Crippen LogP contribution in [0.3, 0.4) is 0 Å². The summed E-state index contributed by atoms with van der Waals surface area (Å²) in [6, 6.07) is 49.3. The summed E-state index contributed by atoms with van der Waals surface area (Å²) in [5, 5.41) is 5.39. The second kappa shape index (κ2) is 10.8. The summed E-state index contributed by atoms with van der Waals surface area (Å²) in [4.78, 5) is 2.49. The molecule has 204 valence electrons. The molecule has 8 rings (SSSR count). The number of nitrogens with zero attached hydrogens (tertiary/aromatic N) is 1. The van der Waals surface area contributed by atoms with E-state index < -0.39 is 0 Å². The van der Waals surface area contributed by atoms with Gasteiger partial charge in [-0.15, -0.1) is 11.3 Å². The zero-order valence-corrected chi connectivity index (χ0v) is 24.5. The van der Waals surface area contributed by atoms with Gasteiger partial charge in [-0.2, -0.15) is 0 Å². The fourth-order valence-corrected chi connectivity index (χ4v) is 8.30. The van der Waals surface area contributed by atoms with E-state index in [-0.39, 0.29) is 0 Å². The van der Waals surface area contributed by atoms with Crippen molar-refractivity contribution in [2.45, 2.75) is 38.0 Å². The van der Waals surface area contributed by atoms with Gasteiger partial charge in [-0.05, 0) is 77.1 Å². The molecule has 1 aliphatic rings. The SMILES string of the molecule is c1ccc(N(c2ccccc2-c2cccc3cccc(C4CCCCC4)c23)c2cccc3sc4ccccc4c23)cc1. The summed E-state index contributed by atoms with van der Waals surface area (Å²) < 4.78 is 2.64. The maximum absolute atomic E-state index is 2.49. The minimum atomic E-state index is 0.631. The zero-order chi connectivity index (χ0) is 27.9. The van der Waals surface area contributed by atoms with Crippen LogP contribution in [0, 0.1) is 0 Å². The molecule has 6 aromatic carbocycles. The van der Waals surface area contributed by atoms with E-state index in [4.69, 9.17) is 0 Å². The van der Waals surface area contributed by atoms with Crippen LogP contribution in [0.15, 0.2) is 133 Å². The van der Waals surface area contributed by atoms with Gasteiger partial charge in [0.2, 0.25) is 0 Å². The molecule has 0 spiro atoms. The van der Waals surface area contributed by atoms with Gasteiger partial charge in [0.05, 0.1) is 11.4 Å². The Labute approximate surface area is 251 Å². The van der Waals surface area contributed by atoms with Crippen LogP contribution < -0.4 is 4.90 Å². The smallest absolute Gasteiger partial charge is 0.0555 e. The van der Waals surface area contributed by atoms with Crippen LogP contribution in [0.5, 0.6) is 0 Å². The number of para-hydroxylation sites is 2. The number of hydrogen-bond donors (Lipinski definition) is 0. The van der Waals surface area contributed by atoms with Crippen LogP contribution in [0.4, 0.5) is 17.1 Å². The van der Waals surface area contributed by atoms with E-state index in [9.17, 15) is 0 Å². The minimum Gasteiger partial charge on any atom is -0.309 e. The van der Waals surface area contributed by atoms with Gasteiger partial charge in [0.25, 0.3) is 0 Å². The van der Waals surface area contributed by atoms with Gasteiger partial charge in [-0.1, -0.05) is 116 Å². The highest BCUT2D eigenvalue weighted by atomic mass is 32.1. The molecule has 0 amide bonds. The van der Waals surface area contributed by atoms with Crippen molar-refractivity contribution in [2.75, 3.05) is 4.90 Å². The molecular weight excluding hydrogens is 527 g/mol. The molecule has 42 heavy (non-hydrogen) atoms. The molecule has 0 unspecified atom stereocenters. The highest BCUT2D eigenvalue weighted by molar-refractivity contribution is 7.26. The monoisotopic (exact) mass is 559 g/mol. The van der Waals surface area contributed by atoms with Crippen molar-refractivity contribution in [3.8, 4) is 11.1 Å². The Bertz CT molecular complexity index is 2030. The molecule has 0 aliphatic heterocycles. The van der Waals surface area contributed by atoms with Crippen molar-refractivity contribution in [3.63, 3.8) is 0 Å². The van der Waals surface area contributed by atoms with Gasteiger partial charge in [-0.25, -0.2) is 0 Å². The van der Waals surface area contributed by atoms with E-state index in [1.807, 2.05) is 11.3 Å². The minimum absolute atomic E-state index is 0.631. The van der Waals surface area contributed by atoms with E-state index in [1.165, 1.54) is 96.8 Å². The predicted molar refractivity (Wildman–Crippen MR) is 183 cm³/mol. The van der Waals surface area contributed by atoms with Crippen LogP contribution >= 0.6 is 11.3 Å². The van der Waals surface area contributed by atoms with Crippen molar-refractivity contribution >= 4 is 59.3 Å². The maximum Gasteiger partial charge on any atom is 0.0555 e. The van der Waals surface area contributed by atoms with Gasteiger partial charge in [0.1, 0.15) is 0 Å². The van der Waals surface area contributed by atoms with Gasteiger partial charge in [-0.3, -0.25) is 0 Å². The Hall–Kier alpha value is -4.40. The maximum atomic E-state index is 2.49. The van der Waals surface area contributed by atoms with Gasteiger partial charge < -0.3 is 4.90 Å². The molecule has 0 bridgehead atoms. The third-order valence-electron chi connectivity index (χ3n) is 9.05. The summed E-state index contributed by atoms with van der Waals surface area (Å²) in [6.45, 7) is 0. The number of anilines is 3. The predicted octanol–water partition coefficient (Wildman–Crippen LogP) is 12.4. The second-order valence-corrected chi connectivity index (χ2v) is 12.6. The average Bonchev–Trinajstić information content (AvgIpc) is 3.45. The molecule has 1 aliphatic carbocycles. The Kier molecular flexibility index (Phi) is 6.50. The lowest BCUT2D eigenvalue weighted by Gasteiger charge is -2.29. The third kappa shape index (κ3) is 4.30. The molecule has 1 heterocycles. The number of thiophene rings is 1. The summed E-state index contributed by atoms with van der Waals surface area (Å²) >= 11 is 1.88. The van der Waals surface area contributed by atoms with Crippen molar-refractivity contribution in [1.82, 2.24) is 0 Å². The highest BCUT2D eigenvalue weighted by Crippen LogP contribution is 2.48. The van der Waals surface area contributed by atoms with Crippen LogP contribution in [0.2, 0.25) is 0 Å². The van der Waals surface area contributed by atoms with Crippen molar-refractivity contribution < 1.29 is 0 Å². The average molecular weight is 560 g/mol. The highest BCUT2D eigenvalue weighted by Gasteiger charge is 2.24. The van der Waals surface area contributed by atoms with E-state index in [2.05, 4.69) is 138 Å². The molecule has 0 atom stereocenters. The molecule has 0 radical (unpaired) electrons. The normalized spacial score (nSPS) is 14.1. The Morgan fingerprint density at radius 3 is 2.05 bits per heavy atom. The molecule has 1 nitrogen and oxygen atoms in total. The van der Waals surface area contributed by atoms with Crippen molar-refractivity contribution in [2.24, 2.45) is 0 Å². The van der Waals surface area contributed by atoms with E-state index in [0.717, 1.165) is 0 Å². The third-order valence-corrected chi connectivity index (χ3v) is 10.2. The lowest BCUT2D eigenvalue weighted by atomic mass is 9.80. The Morgan fingerprint density at radius 2 is 1.17 bits per heavy atom. The zero-order valence-electron chi connectivity index (χ0n) is 23.7. The van der Waals surface area contributed by atoms with E-state index >= 15 is 0 Å². The topological polar surface area (TPSA) is 3.24 Å². The standard InChI is InChI=1S/C40H33NS/c1-3-14-28(15-4-1)31-22-11-16-29-17-12-23-33(39(29)31)32-20-7-9-24-35(32)41(30-18-5-2-6-19-30)36-25-13-27-38-40(36)34-21-8-10-26-37(34)42-38/h2,5-13,16-28H,1,3-4,14-15H2. The molecule has 0 N–H and O–H groups in total. The number of rotatable bonds is 5. The molecule has 1 saturated carbocycles. The molecule has 7 aromatic rings. The van der Waals surface area contributed by atoms with E-state index in [1.54, 1.807) is 0 Å².